The van der Waals surface area contributed by atoms with Gasteiger partial charge in [-0.2, -0.15) is 14.6 Å². The number of ether oxygens (including phenoxy) is 1. The molecule has 0 unspecified atom stereocenters. The Morgan fingerprint density at radius 3 is 3.05 bits per heavy atom. The number of hydrogen-bond donors (Lipinski definition) is 1. The highest BCUT2D eigenvalue weighted by molar-refractivity contribution is 5.90. The number of nitrogens with zero attached hydrogens (tertiary/aromatic N) is 4. The van der Waals surface area contributed by atoms with E-state index in [-0.39, 0.29) is 5.97 Å². The third kappa shape index (κ3) is 2.73. The normalized spacial score (nSPS) is 10.6. The molecule has 3 aromatic rings. The molecular formula is C15H15N5O2. The topological polar surface area (TPSA) is 81.4 Å². The van der Waals surface area contributed by atoms with E-state index in [0.29, 0.717) is 17.9 Å². The van der Waals surface area contributed by atoms with Crippen molar-refractivity contribution in [2.24, 2.45) is 0 Å². The molecule has 0 aliphatic rings. The van der Waals surface area contributed by atoms with Crippen molar-refractivity contribution in [2.75, 3.05) is 11.9 Å². The zero-order valence-corrected chi connectivity index (χ0v) is 12.3. The van der Waals surface area contributed by atoms with Gasteiger partial charge < -0.3 is 10.1 Å². The van der Waals surface area contributed by atoms with E-state index in [2.05, 4.69) is 20.4 Å². The number of rotatable bonds is 4. The van der Waals surface area contributed by atoms with Crippen LogP contribution in [0, 0.1) is 6.92 Å². The Labute approximate surface area is 127 Å². The number of benzene rings is 1. The molecule has 1 aromatic carbocycles. The van der Waals surface area contributed by atoms with Gasteiger partial charge in [0, 0.05) is 17.4 Å². The fourth-order valence-corrected chi connectivity index (χ4v) is 2.11. The van der Waals surface area contributed by atoms with Crippen LogP contribution in [0.15, 0.2) is 36.7 Å². The quantitative estimate of drug-likeness (QED) is 0.744. The molecular weight excluding hydrogens is 282 g/mol. The van der Waals surface area contributed by atoms with E-state index in [1.165, 1.54) is 6.33 Å². The molecule has 0 radical (unpaired) electrons. The average molecular weight is 297 g/mol. The van der Waals surface area contributed by atoms with E-state index in [1.807, 2.05) is 19.1 Å². The largest absolute Gasteiger partial charge is 0.462 e. The maximum atomic E-state index is 11.8. The maximum absolute atomic E-state index is 11.8. The molecule has 3 rings (SSSR count). The molecule has 0 fully saturated rings. The third-order valence-corrected chi connectivity index (χ3v) is 3.03. The molecule has 0 spiro atoms. The van der Waals surface area contributed by atoms with E-state index in [4.69, 9.17) is 4.74 Å². The number of aryl methyl sites for hydroxylation is 1. The molecule has 0 aliphatic heterocycles. The second kappa shape index (κ2) is 5.80. The van der Waals surface area contributed by atoms with Crippen molar-refractivity contribution in [1.29, 1.82) is 0 Å². The summed E-state index contributed by atoms with van der Waals surface area (Å²) in [7, 11) is 0. The highest BCUT2D eigenvalue weighted by Gasteiger charge is 2.09. The summed E-state index contributed by atoms with van der Waals surface area (Å²) in [5.74, 6) is 0.896. The van der Waals surface area contributed by atoms with E-state index in [0.717, 1.165) is 17.2 Å². The van der Waals surface area contributed by atoms with Crippen LogP contribution in [0.1, 0.15) is 23.0 Å². The zero-order chi connectivity index (χ0) is 15.5. The van der Waals surface area contributed by atoms with Gasteiger partial charge in [0.15, 0.2) is 0 Å². The van der Waals surface area contributed by atoms with E-state index >= 15 is 0 Å². The third-order valence-electron chi connectivity index (χ3n) is 3.03. The molecule has 0 atom stereocenters. The van der Waals surface area contributed by atoms with Gasteiger partial charge in [-0.05, 0) is 32.0 Å². The number of carbonyl (C=O) groups excluding carboxylic acids is 1. The van der Waals surface area contributed by atoms with Crippen molar-refractivity contribution in [3.8, 4) is 0 Å². The Kier molecular flexibility index (Phi) is 3.69. The first-order valence-electron chi connectivity index (χ1n) is 6.89. The number of aromatic nitrogens is 4. The number of anilines is 2. The van der Waals surface area contributed by atoms with Crippen LogP contribution in [-0.2, 0) is 4.74 Å². The van der Waals surface area contributed by atoms with Crippen LogP contribution in [0.2, 0.25) is 0 Å². The molecule has 0 aliphatic carbocycles. The van der Waals surface area contributed by atoms with E-state index in [1.54, 1.807) is 29.6 Å². The van der Waals surface area contributed by atoms with Gasteiger partial charge in [0.1, 0.15) is 12.1 Å². The summed E-state index contributed by atoms with van der Waals surface area (Å²) in [5.41, 5.74) is 2.07. The van der Waals surface area contributed by atoms with Gasteiger partial charge in [0.05, 0.1) is 12.2 Å². The number of hydrogen-bond acceptors (Lipinski definition) is 6. The minimum Gasteiger partial charge on any atom is -0.462 e. The molecule has 7 heteroatoms. The summed E-state index contributed by atoms with van der Waals surface area (Å²) in [5, 5.41) is 7.36. The monoisotopic (exact) mass is 297 g/mol. The highest BCUT2D eigenvalue weighted by atomic mass is 16.5. The van der Waals surface area contributed by atoms with Gasteiger partial charge in [-0.1, -0.05) is 6.07 Å². The molecule has 112 valence electrons. The summed E-state index contributed by atoms with van der Waals surface area (Å²) in [4.78, 5) is 20.1. The molecule has 22 heavy (non-hydrogen) atoms. The van der Waals surface area contributed by atoms with E-state index in [9.17, 15) is 4.79 Å². The SMILES string of the molecule is CCOC(=O)c1cccc(Nc2cc(C)nc3ncnn23)c1. The first-order chi connectivity index (χ1) is 10.7. The van der Waals surface area contributed by atoms with Crippen LogP contribution in [-0.4, -0.2) is 32.2 Å². The lowest BCUT2D eigenvalue weighted by Crippen LogP contribution is -2.06. The lowest BCUT2D eigenvalue weighted by atomic mass is 10.2. The van der Waals surface area contributed by atoms with Crippen molar-refractivity contribution >= 4 is 23.3 Å². The molecule has 2 aromatic heterocycles. The van der Waals surface area contributed by atoms with Gasteiger partial charge in [0.25, 0.3) is 5.78 Å². The number of esters is 1. The summed E-state index contributed by atoms with van der Waals surface area (Å²) in [6, 6.07) is 8.96. The Bertz CT molecular complexity index is 828. The summed E-state index contributed by atoms with van der Waals surface area (Å²) < 4.78 is 6.61. The van der Waals surface area contributed by atoms with E-state index < -0.39 is 0 Å². The van der Waals surface area contributed by atoms with Crippen LogP contribution in [0.4, 0.5) is 11.5 Å². The first-order valence-corrected chi connectivity index (χ1v) is 6.89. The number of carbonyl (C=O) groups is 1. The number of nitrogens with one attached hydrogen (secondary N) is 1. The summed E-state index contributed by atoms with van der Waals surface area (Å²) >= 11 is 0. The minimum atomic E-state index is -0.344. The fraction of sp³-hybridized carbons (Fsp3) is 0.200. The molecule has 0 bridgehead atoms. The Morgan fingerprint density at radius 2 is 2.23 bits per heavy atom. The molecule has 0 amide bonds. The smallest absolute Gasteiger partial charge is 0.338 e. The van der Waals surface area contributed by atoms with Crippen LogP contribution >= 0.6 is 0 Å². The predicted octanol–water partition coefficient (Wildman–Crippen LogP) is 2.35. The Hall–Kier alpha value is -2.96. The molecule has 0 saturated carbocycles. The Balaban J connectivity index is 1.93. The van der Waals surface area contributed by atoms with Crippen LogP contribution < -0.4 is 5.32 Å². The first kappa shape index (κ1) is 14.0. The van der Waals surface area contributed by atoms with Crippen molar-refractivity contribution in [1.82, 2.24) is 19.6 Å². The van der Waals surface area contributed by atoms with Crippen molar-refractivity contribution < 1.29 is 9.53 Å². The standard InChI is InChI=1S/C15H15N5O2/c1-3-22-14(21)11-5-4-6-12(8-11)19-13-7-10(2)18-15-16-9-17-20(13)15/h4-9,19H,3H2,1-2H3. The molecule has 7 nitrogen and oxygen atoms in total. The summed E-state index contributed by atoms with van der Waals surface area (Å²) in [6.45, 7) is 4.01. The van der Waals surface area contributed by atoms with Crippen LogP contribution in [0.25, 0.3) is 5.78 Å². The van der Waals surface area contributed by atoms with Crippen LogP contribution in [0.3, 0.4) is 0 Å². The Morgan fingerprint density at radius 1 is 1.36 bits per heavy atom. The van der Waals surface area contributed by atoms with Gasteiger partial charge in [-0.25, -0.2) is 9.78 Å². The minimum absolute atomic E-state index is 0.344. The average Bonchev–Trinajstić information content (AvgIpc) is 2.96. The van der Waals surface area contributed by atoms with Crippen LogP contribution in [0.5, 0.6) is 0 Å². The molecule has 1 N–H and O–H groups in total. The molecule has 0 saturated heterocycles. The van der Waals surface area contributed by atoms with Crippen molar-refractivity contribution in [2.45, 2.75) is 13.8 Å². The van der Waals surface area contributed by atoms with Crippen molar-refractivity contribution in [3.63, 3.8) is 0 Å². The second-order valence-electron chi connectivity index (χ2n) is 4.68. The lowest BCUT2D eigenvalue weighted by molar-refractivity contribution is 0.0526. The van der Waals surface area contributed by atoms with Gasteiger partial charge in [0.2, 0.25) is 0 Å². The molecule has 2 heterocycles. The van der Waals surface area contributed by atoms with Gasteiger partial charge >= 0.3 is 5.97 Å². The summed E-state index contributed by atoms with van der Waals surface area (Å²) in [6.07, 6.45) is 1.45. The zero-order valence-electron chi connectivity index (χ0n) is 12.3. The predicted molar refractivity (Wildman–Crippen MR) is 81.2 cm³/mol. The maximum Gasteiger partial charge on any atom is 0.338 e. The highest BCUT2D eigenvalue weighted by Crippen LogP contribution is 2.19. The number of fused-ring (bicyclic) bond motifs is 1. The fourth-order valence-electron chi connectivity index (χ4n) is 2.11. The van der Waals surface area contributed by atoms with Gasteiger partial charge in [-0.15, -0.1) is 0 Å². The lowest BCUT2D eigenvalue weighted by Gasteiger charge is -2.10. The second-order valence-corrected chi connectivity index (χ2v) is 4.68. The van der Waals surface area contributed by atoms with Crippen molar-refractivity contribution in [3.05, 3.63) is 47.9 Å². The van der Waals surface area contributed by atoms with Gasteiger partial charge in [-0.3, -0.25) is 0 Å².